The highest BCUT2D eigenvalue weighted by molar-refractivity contribution is 14.0. The number of aliphatic imine (C=N–C) groups is 1. The zero-order chi connectivity index (χ0) is 13.4. The molecule has 6 heteroatoms. The van der Waals surface area contributed by atoms with E-state index < -0.39 is 0 Å². The van der Waals surface area contributed by atoms with E-state index in [9.17, 15) is 4.39 Å². The van der Waals surface area contributed by atoms with Crippen LogP contribution in [0.15, 0.2) is 29.3 Å². The topological polar surface area (TPSA) is 27.6 Å². The third-order valence-corrected chi connectivity index (χ3v) is 3.11. The minimum Gasteiger partial charge on any atom is -0.355 e. The summed E-state index contributed by atoms with van der Waals surface area (Å²) in [4.78, 5) is 6.24. The molecule has 0 saturated carbocycles. The van der Waals surface area contributed by atoms with Crippen LogP contribution in [0.5, 0.6) is 0 Å². The van der Waals surface area contributed by atoms with Crippen molar-refractivity contribution in [3.63, 3.8) is 0 Å². The molecule has 0 atom stereocenters. The molecule has 108 valence electrons. The molecule has 0 saturated heterocycles. The number of hydrogen-bond donors (Lipinski definition) is 1. The minimum atomic E-state index is -0.205. The Bertz CT molecular complexity index is 384. The van der Waals surface area contributed by atoms with Crippen molar-refractivity contribution < 1.29 is 4.39 Å². The number of rotatable bonds is 5. The molecule has 3 nitrogen and oxygen atoms in total. The molecule has 0 aliphatic carbocycles. The van der Waals surface area contributed by atoms with Crippen molar-refractivity contribution >= 4 is 41.7 Å². The van der Waals surface area contributed by atoms with Crippen LogP contribution in [0.1, 0.15) is 5.56 Å². The molecule has 0 fully saturated rings. The van der Waals surface area contributed by atoms with E-state index >= 15 is 0 Å². The smallest absolute Gasteiger partial charge is 0.193 e. The molecule has 0 unspecified atom stereocenters. The monoisotopic (exact) mass is 397 g/mol. The number of hydrogen-bond acceptors (Lipinski definition) is 2. The van der Waals surface area contributed by atoms with Gasteiger partial charge in [0.15, 0.2) is 5.96 Å². The third kappa shape index (κ3) is 7.00. The largest absolute Gasteiger partial charge is 0.355 e. The molecule has 1 aromatic carbocycles. The van der Waals surface area contributed by atoms with Crippen molar-refractivity contribution in [1.82, 2.24) is 10.2 Å². The van der Waals surface area contributed by atoms with Gasteiger partial charge in [-0.15, -0.1) is 24.0 Å². The normalized spacial score (nSPS) is 10.8. The van der Waals surface area contributed by atoms with Gasteiger partial charge in [0.05, 0.1) is 0 Å². The molecule has 1 N–H and O–H groups in total. The molecule has 0 aliphatic rings. The molecule has 0 radical (unpaired) electrons. The zero-order valence-electron chi connectivity index (χ0n) is 11.5. The molecule has 1 aromatic rings. The van der Waals surface area contributed by atoms with Gasteiger partial charge in [-0.05, 0) is 24.0 Å². The molecule has 0 amide bonds. The first-order valence-electron chi connectivity index (χ1n) is 5.82. The van der Waals surface area contributed by atoms with E-state index in [1.807, 2.05) is 11.9 Å². The highest BCUT2D eigenvalue weighted by Gasteiger charge is 2.05. The average molecular weight is 397 g/mol. The Labute approximate surface area is 136 Å². The summed E-state index contributed by atoms with van der Waals surface area (Å²) in [5.41, 5.74) is 1.06. The summed E-state index contributed by atoms with van der Waals surface area (Å²) in [6.45, 7) is 1.60. The Balaban J connectivity index is 0.00000324. The van der Waals surface area contributed by atoms with Gasteiger partial charge >= 0.3 is 0 Å². The van der Waals surface area contributed by atoms with Gasteiger partial charge in [-0.1, -0.05) is 12.1 Å². The number of guanidine groups is 1. The first kappa shape index (κ1) is 18.5. The van der Waals surface area contributed by atoms with Crippen molar-refractivity contribution in [1.29, 1.82) is 0 Å². The minimum absolute atomic E-state index is 0. The van der Waals surface area contributed by atoms with E-state index in [1.165, 1.54) is 12.1 Å². The molecule has 0 bridgehead atoms. The quantitative estimate of drug-likeness (QED) is 0.359. The van der Waals surface area contributed by atoms with Crippen LogP contribution >= 0.6 is 35.7 Å². The van der Waals surface area contributed by atoms with E-state index in [-0.39, 0.29) is 29.8 Å². The standard InChI is InChI=1S/C13H20FN3S.HI/c1-15-13(16-8-9-18-3)17(2)10-11-4-6-12(14)7-5-11;/h4-7H,8-10H2,1-3H3,(H,15,16);1H. The Kier molecular flexibility index (Phi) is 10.0. The first-order valence-corrected chi connectivity index (χ1v) is 7.22. The number of thioether (sulfide) groups is 1. The fourth-order valence-electron chi connectivity index (χ4n) is 1.59. The number of halogens is 2. The van der Waals surface area contributed by atoms with E-state index in [1.54, 1.807) is 30.9 Å². The fourth-order valence-corrected chi connectivity index (χ4v) is 1.89. The maximum Gasteiger partial charge on any atom is 0.193 e. The van der Waals surface area contributed by atoms with Crippen LogP contribution in [0.2, 0.25) is 0 Å². The zero-order valence-corrected chi connectivity index (χ0v) is 14.7. The van der Waals surface area contributed by atoms with Crippen LogP contribution in [0, 0.1) is 5.82 Å². The van der Waals surface area contributed by atoms with Gasteiger partial charge in [0, 0.05) is 32.9 Å². The maximum atomic E-state index is 12.8. The first-order chi connectivity index (χ1) is 8.67. The second-order valence-corrected chi connectivity index (χ2v) is 4.93. The lowest BCUT2D eigenvalue weighted by atomic mass is 10.2. The van der Waals surface area contributed by atoms with Gasteiger partial charge in [-0.3, -0.25) is 4.99 Å². The van der Waals surface area contributed by atoms with Crippen molar-refractivity contribution in [2.24, 2.45) is 4.99 Å². The van der Waals surface area contributed by atoms with E-state index in [0.717, 1.165) is 23.8 Å². The van der Waals surface area contributed by atoms with Crippen LogP contribution in [-0.2, 0) is 6.54 Å². The summed E-state index contributed by atoms with van der Waals surface area (Å²) in [5, 5.41) is 3.28. The van der Waals surface area contributed by atoms with Crippen molar-refractivity contribution in [3.8, 4) is 0 Å². The third-order valence-electron chi connectivity index (χ3n) is 2.50. The summed E-state index contributed by atoms with van der Waals surface area (Å²) in [5.74, 6) is 1.70. The Morgan fingerprint density at radius 2 is 2.00 bits per heavy atom. The van der Waals surface area contributed by atoms with E-state index in [0.29, 0.717) is 6.54 Å². The molecule has 0 aromatic heterocycles. The highest BCUT2D eigenvalue weighted by Crippen LogP contribution is 2.05. The van der Waals surface area contributed by atoms with Gasteiger partial charge in [-0.25, -0.2) is 4.39 Å². The predicted octanol–water partition coefficient (Wildman–Crippen LogP) is 2.81. The number of nitrogens with one attached hydrogen (secondary N) is 1. The van der Waals surface area contributed by atoms with Gasteiger partial charge in [0.1, 0.15) is 5.82 Å². The van der Waals surface area contributed by atoms with Crippen LogP contribution < -0.4 is 5.32 Å². The Morgan fingerprint density at radius 3 is 2.53 bits per heavy atom. The average Bonchev–Trinajstić information content (AvgIpc) is 2.37. The summed E-state index contributed by atoms with van der Waals surface area (Å²) >= 11 is 1.79. The van der Waals surface area contributed by atoms with Crippen LogP contribution in [-0.4, -0.2) is 43.5 Å². The second-order valence-electron chi connectivity index (χ2n) is 3.95. The van der Waals surface area contributed by atoms with E-state index in [2.05, 4.69) is 16.6 Å². The van der Waals surface area contributed by atoms with Crippen molar-refractivity contribution in [2.75, 3.05) is 32.6 Å². The Morgan fingerprint density at radius 1 is 1.37 bits per heavy atom. The summed E-state index contributed by atoms with van der Waals surface area (Å²) in [7, 11) is 3.74. The molecule has 0 heterocycles. The van der Waals surface area contributed by atoms with Crippen molar-refractivity contribution in [2.45, 2.75) is 6.54 Å². The van der Waals surface area contributed by atoms with Gasteiger partial charge in [-0.2, -0.15) is 11.8 Å². The highest BCUT2D eigenvalue weighted by atomic mass is 127. The fraction of sp³-hybridized carbons (Fsp3) is 0.462. The SMILES string of the molecule is CN=C(NCCSC)N(C)Cc1ccc(F)cc1.I. The Hall–Kier alpha value is -0.500. The number of nitrogens with zero attached hydrogens (tertiary/aromatic N) is 2. The van der Waals surface area contributed by atoms with Gasteiger partial charge in [0.25, 0.3) is 0 Å². The lowest BCUT2D eigenvalue weighted by Crippen LogP contribution is -2.39. The van der Waals surface area contributed by atoms with Gasteiger partial charge in [0.2, 0.25) is 0 Å². The maximum absolute atomic E-state index is 12.8. The molecule has 1 rings (SSSR count). The lowest BCUT2D eigenvalue weighted by Gasteiger charge is -2.22. The lowest BCUT2D eigenvalue weighted by molar-refractivity contribution is 0.478. The molecular weight excluding hydrogens is 376 g/mol. The molecule has 19 heavy (non-hydrogen) atoms. The molecule has 0 spiro atoms. The molecule has 0 aliphatic heterocycles. The van der Waals surface area contributed by atoms with Gasteiger partial charge < -0.3 is 10.2 Å². The second kappa shape index (κ2) is 10.3. The summed E-state index contributed by atoms with van der Waals surface area (Å²) < 4.78 is 12.8. The molecular formula is C13H21FIN3S. The number of benzene rings is 1. The van der Waals surface area contributed by atoms with Crippen LogP contribution in [0.4, 0.5) is 4.39 Å². The van der Waals surface area contributed by atoms with Crippen LogP contribution in [0.3, 0.4) is 0 Å². The summed E-state index contributed by atoms with van der Waals surface area (Å²) in [6.07, 6.45) is 2.08. The van der Waals surface area contributed by atoms with E-state index in [4.69, 9.17) is 0 Å². The van der Waals surface area contributed by atoms with Crippen molar-refractivity contribution in [3.05, 3.63) is 35.6 Å². The van der Waals surface area contributed by atoms with Crippen LogP contribution in [0.25, 0.3) is 0 Å². The predicted molar refractivity (Wildman–Crippen MR) is 93.0 cm³/mol. The summed E-state index contributed by atoms with van der Waals surface area (Å²) in [6, 6.07) is 6.54.